The highest BCUT2D eigenvalue weighted by Gasteiger charge is 2.45. The molecule has 3 heteroatoms. The van der Waals surface area contributed by atoms with Gasteiger partial charge in [-0.25, -0.2) is 4.39 Å². The van der Waals surface area contributed by atoms with Gasteiger partial charge in [-0.15, -0.1) is 0 Å². The fourth-order valence-corrected chi connectivity index (χ4v) is 1.39. The van der Waals surface area contributed by atoms with Gasteiger partial charge in [0.2, 0.25) is 0 Å². The first-order valence-corrected chi connectivity index (χ1v) is 3.91. The van der Waals surface area contributed by atoms with Crippen LogP contribution in [0.5, 0.6) is 0 Å². The Morgan fingerprint density at radius 2 is 2.27 bits per heavy atom. The first-order chi connectivity index (χ1) is 5.05. The third kappa shape index (κ3) is 1.91. The molecule has 0 aliphatic heterocycles. The number of rotatable bonds is 2. The Kier molecular flexibility index (Phi) is 2.16. The molecule has 64 valence electrons. The van der Waals surface area contributed by atoms with E-state index in [1.165, 1.54) is 6.92 Å². The maximum Gasteiger partial charge on any atom is 0.309 e. The van der Waals surface area contributed by atoms with E-state index >= 15 is 0 Å². The second kappa shape index (κ2) is 2.80. The number of ether oxygens (including phenoxy) is 1. The van der Waals surface area contributed by atoms with Crippen molar-refractivity contribution in [2.75, 3.05) is 6.61 Å². The highest BCUT2D eigenvalue weighted by Crippen LogP contribution is 2.41. The highest BCUT2D eigenvalue weighted by molar-refractivity contribution is 5.73. The molecule has 0 unspecified atom stereocenters. The van der Waals surface area contributed by atoms with Crippen molar-refractivity contribution in [2.24, 2.45) is 5.92 Å². The number of esters is 1. The van der Waals surface area contributed by atoms with Crippen LogP contribution >= 0.6 is 0 Å². The zero-order valence-corrected chi connectivity index (χ0v) is 6.89. The van der Waals surface area contributed by atoms with Crippen molar-refractivity contribution in [3.63, 3.8) is 0 Å². The fourth-order valence-electron chi connectivity index (χ4n) is 1.39. The molecule has 1 aliphatic rings. The summed E-state index contributed by atoms with van der Waals surface area (Å²) in [5, 5.41) is 0. The lowest BCUT2D eigenvalue weighted by atomic mass is 9.73. The minimum atomic E-state index is -1.13. The van der Waals surface area contributed by atoms with Crippen molar-refractivity contribution >= 4 is 5.97 Å². The number of hydrogen-bond acceptors (Lipinski definition) is 2. The summed E-state index contributed by atoms with van der Waals surface area (Å²) in [6.45, 7) is 3.66. The predicted octanol–water partition coefficient (Wildman–Crippen LogP) is 1.69. The summed E-state index contributed by atoms with van der Waals surface area (Å²) in [5.74, 6) is -0.437. The molecule has 1 fully saturated rings. The number of alkyl halides is 1. The Labute approximate surface area is 65.7 Å². The lowest BCUT2D eigenvalue weighted by Crippen LogP contribution is -2.41. The van der Waals surface area contributed by atoms with Gasteiger partial charge in [0, 0.05) is 0 Å². The molecule has 0 aromatic rings. The van der Waals surface area contributed by atoms with E-state index in [4.69, 9.17) is 4.74 Å². The van der Waals surface area contributed by atoms with E-state index in [1.807, 2.05) is 0 Å². The Hall–Kier alpha value is -0.600. The summed E-state index contributed by atoms with van der Waals surface area (Å²) < 4.78 is 17.6. The minimum absolute atomic E-state index is 0.190. The number of halogens is 1. The largest absolute Gasteiger partial charge is 0.466 e. The van der Waals surface area contributed by atoms with Crippen LogP contribution in [0.3, 0.4) is 0 Å². The second-order valence-electron chi connectivity index (χ2n) is 3.27. The SMILES string of the molecule is CCOC(=O)C1CC(C)(F)C1. The molecule has 1 rings (SSSR count). The number of carbonyl (C=O) groups is 1. The summed E-state index contributed by atoms with van der Waals surface area (Å²) in [5.41, 5.74) is -1.13. The molecule has 0 aromatic carbocycles. The van der Waals surface area contributed by atoms with Crippen molar-refractivity contribution < 1.29 is 13.9 Å². The maximum absolute atomic E-state index is 12.8. The summed E-state index contributed by atoms with van der Waals surface area (Å²) in [7, 11) is 0. The van der Waals surface area contributed by atoms with E-state index in [0.717, 1.165) is 0 Å². The van der Waals surface area contributed by atoms with Gasteiger partial charge in [0.25, 0.3) is 0 Å². The van der Waals surface area contributed by atoms with Crippen molar-refractivity contribution in [1.82, 2.24) is 0 Å². The van der Waals surface area contributed by atoms with Crippen molar-refractivity contribution in [3.05, 3.63) is 0 Å². The zero-order chi connectivity index (χ0) is 8.48. The molecule has 2 nitrogen and oxygen atoms in total. The summed E-state index contributed by atoms with van der Waals surface area (Å²) in [6, 6.07) is 0. The van der Waals surface area contributed by atoms with E-state index < -0.39 is 5.67 Å². The first-order valence-electron chi connectivity index (χ1n) is 3.91. The quantitative estimate of drug-likeness (QED) is 0.574. The monoisotopic (exact) mass is 160 g/mol. The molecule has 0 bridgehead atoms. The van der Waals surface area contributed by atoms with E-state index in [1.54, 1.807) is 6.92 Å². The summed E-state index contributed by atoms with van der Waals surface area (Å²) in [6.07, 6.45) is 0.650. The van der Waals surface area contributed by atoms with Gasteiger partial charge in [0.1, 0.15) is 5.67 Å². The normalized spacial score (nSPS) is 36.1. The Morgan fingerprint density at radius 3 is 2.64 bits per heavy atom. The fraction of sp³-hybridized carbons (Fsp3) is 0.875. The predicted molar refractivity (Wildman–Crippen MR) is 38.9 cm³/mol. The Balaban J connectivity index is 2.27. The van der Waals surface area contributed by atoms with Crippen LogP contribution in [0.4, 0.5) is 4.39 Å². The standard InChI is InChI=1S/C8H13FO2/c1-3-11-7(10)6-4-8(2,9)5-6/h6H,3-5H2,1-2H3. The lowest BCUT2D eigenvalue weighted by Gasteiger charge is -2.36. The molecule has 0 atom stereocenters. The number of carbonyl (C=O) groups excluding carboxylic acids is 1. The lowest BCUT2D eigenvalue weighted by molar-refractivity contribution is -0.157. The summed E-state index contributed by atoms with van der Waals surface area (Å²) in [4.78, 5) is 10.9. The van der Waals surface area contributed by atoms with Crippen LogP contribution in [-0.2, 0) is 9.53 Å². The second-order valence-corrected chi connectivity index (χ2v) is 3.27. The average molecular weight is 160 g/mol. The van der Waals surface area contributed by atoms with Gasteiger partial charge >= 0.3 is 5.97 Å². The Bertz CT molecular complexity index is 157. The summed E-state index contributed by atoms with van der Waals surface area (Å²) >= 11 is 0. The van der Waals surface area contributed by atoms with Gasteiger partial charge in [-0.05, 0) is 26.7 Å². The molecule has 0 radical (unpaired) electrons. The van der Waals surface area contributed by atoms with Crippen LogP contribution in [0.25, 0.3) is 0 Å². The van der Waals surface area contributed by atoms with E-state index in [-0.39, 0.29) is 11.9 Å². The molecule has 1 aliphatic carbocycles. The molecule has 0 saturated heterocycles. The van der Waals surface area contributed by atoms with E-state index in [0.29, 0.717) is 19.4 Å². The van der Waals surface area contributed by atoms with Gasteiger partial charge < -0.3 is 4.74 Å². The highest BCUT2D eigenvalue weighted by atomic mass is 19.1. The van der Waals surface area contributed by atoms with Crippen LogP contribution in [0.2, 0.25) is 0 Å². The topological polar surface area (TPSA) is 26.3 Å². The minimum Gasteiger partial charge on any atom is -0.466 e. The molecule has 0 heterocycles. The zero-order valence-electron chi connectivity index (χ0n) is 6.89. The molecular weight excluding hydrogens is 147 g/mol. The van der Waals surface area contributed by atoms with E-state index in [2.05, 4.69) is 0 Å². The smallest absolute Gasteiger partial charge is 0.309 e. The molecule has 0 amide bonds. The molecule has 0 aromatic heterocycles. The van der Waals surface area contributed by atoms with Gasteiger partial charge in [-0.1, -0.05) is 0 Å². The molecule has 0 N–H and O–H groups in total. The van der Waals surface area contributed by atoms with E-state index in [9.17, 15) is 9.18 Å². The van der Waals surface area contributed by atoms with Crippen LogP contribution in [0, 0.1) is 5.92 Å². The van der Waals surface area contributed by atoms with Crippen LogP contribution < -0.4 is 0 Å². The third-order valence-corrected chi connectivity index (χ3v) is 1.96. The van der Waals surface area contributed by atoms with Crippen LogP contribution in [0.1, 0.15) is 26.7 Å². The first kappa shape index (κ1) is 8.50. The molecule has 1 saturated carbocycles. The maximum atomic E-state index is 12.8. The average Bonchev–Trinajstić information content (AvgIpc) is 1.83. The van der Waals surface area contributed by atoms with Gasteiger partial charge in [0.15, 0.2) is 0 Å². The van der Waals surface area contributed by atoms with Crippen LogP contribution in [0.15, 0.2) is 0 Å². The molecular formula is C8H13FO2. The van der Waals surface area contributed by atoms with Gasteiger partial charge in [-0.2, -0.15) is 0 Å². The van der Waals surface area contributed by atoms with Gasteiger partial charge in [-0.3, -0.25) is 4.79 Å². The van der Waals surface area contributed by atoms with Crippen molar-refractivity contribution in [3.8, 4) is 0 Å². The molecule has 0 spiro atoms. The number of hydrogen-bond donors (Lipinski definition) is 0. The van der Waals surface area contributed by atoms with Crippen molar-refractivity contribution in [2.45, 2.75) is 32.4 Å². The van der Waals surface area contributed by atoms with Crippen molar-refractivity contribution in [1.29, 1.82) is 0 Å². The third-order valence-electron chi connectivity index (χ3n) is 1.96. The Morgan fingerprint density at radius 1 is 1.73 bits per heavy atom. The van der Waals surface area contributed by atoms with Gasteiger partial charge in [0.05, 0.1) is 12.5 Å². The molecule has 11 heavy (non-hydrogen) atoms. The van der Waals surface area contributed by atoms with Crippen LogP contribution in [-0.4, -0.2) is 18.2 Å².